The topological polar surface area (TPSA) is 77.8 Å². The monoisotopic (exact) mass is 355 g/mol. The number of nitrogens with zero attached hydrogens (tertiary/aromatic N) is 1. The van der Waals surface area contributed by atoms with Crippen LogP contribution in [0.1, 0.15) is 81.1 Å². The van der Waals surface area contributed by atoms with Crippen LogP contribution in [-0.2, 0) is 9.59 Å². The van der Waals surface area contributed by atoms with Gasteiger partial charge in [0.15, 0.2) is 0 Å². The van der Waals surface area contributed by atoms with E-state index in [0.717, 1.165) is 0 Å². The number of aliphatic hydroxyl groups excluding tert-OH is 2. The van der Waals surface area contributed by atoms with Gasteiger partial charge in [0.2, 0.25) is 11.8 Å². The van der Waals surface area contributed by atoms with E-state index in [9.17, 15) is 19.8 Å². The summed E-state index contributed by atoms with van der Waals surface area (Å²) in [5, 5.41) is 20.7. The largest absolute Gasteiger partial charge is 0.396 e. The highest BCUT2D eigenvalue weighted by atomic mass is 16.3. The molecule has 0 saturated carbocycles. The van der Waals surface area contributed by atoms with Gasteiger partial charge in [-0.15, -0.1) is 0 Å². The SMILES string of the molecule is CC(C)(CO)CC(C)(C)C(O)C(C)(C)CC(C)(C)N1C(=O)CCC1=O. The summed E-state index contributed by atoms with van der Waals surface area (Å²) in [6.07, 6.45) is 1.10. The highest BCUT2D eigenvalue weighted by Gasteiger charge is 2.48. The zero-order chi connectivity index (χ0) is 19.8. The summed E-state index contributed by atoms with van der Waals surface area (Å²) < 4.78 is 0. The van der Waals surface area contributed by atoms with E-state index >= 15 is 0 Å². The summed E-state index contributed by atoms with van der Waals surface area (Å²) >= 11 is 0. The number of hydrogen-bond donors (Lipinski definition) is 2. The quantitative estimate of drug-likeness (QED) is 0.656. The van der Waals surface area contributed by atoms with Crippen molar-refractivity contribution in [3.63, 3.8) is 0 Å². The molecule has 2 amide bonds. The number of imide groups is 1. The number of rotatable bonds is 8. The number of carbonyl (C=O) groups is 2. The summed E-state index contributed by atoms with van der Waals surface area (Å²) in [5.74, 6) is -0.248. The predicted octanol–water partition coefficient (Wildman–Crippen LogP) is 3.13. The van der Waals surface area contributed by atoms with Crippen LogP contribution in [0.5, 0.6) is 0 Å². The van der Waals surface area contributed by atoms with Crippen molar-refractivity contribution in [1.29, 1.82) is 0 Å². The maximum Gasteiger partial charge on any atom is 0.230 e. The van der Waals surface area contributed by atoms with Crippen molar-refractivity contribution in [2.75, 3.05) is 6.61 Å². The van der Waals surface area contributed by atoms with E-state index in [1.807, 2.05) is 55.4 Å². The first-order chi connectivity index (χ1) is 11.1. The maximum absolute atomic E-state index is 12.1. The minimum atomic E-state index is -0.641. The van der Waals surface area contributed by atoms with Crippen molar-refractivity contribution in [1.82, 2.24) is 4.90 Å². The minimum Gasteiger partial charge on any atom is -0.396 e. The second kappa shape index (κ2) is 6.99. The molecule has 0 aromatic carbocycles. The summed E-state index contributed by atoms with van der Waals surface area (Å²) in [4.78, 5) is 25.6. The van der Waals surface area contributed by atoms with Gasteiger partial charge in [-0.1, -0.05) is 41.5 Å². The summed E-state index contributed by atoms with van der Waals surface area (Å²) in [6.45, 7) is 15.8. The molecule has 1 heterocycles. The molecular weight excluding hydrogens is 318 g/mol. The zero-order valence-electron chi connectivity index (χ0n) is 17.3. The molecule has 0 aromatic heterocycles. The first-order valence-electron chi connectivity index (χ1n) is 9.21. The number of likely N-dealkylation sites (tertiary alicyclic amines) is 1. The van der Waals surface area contributed by atoms with E-state index in [1.54, 1.807) is 0 Å². The normalized spacial score (nSPS) is 18.9. The van der Waals surface area contributed by atoms with E-state index in [0.29, 0.717) is 12.8 Å². The first-order valence-corrected chi connectivity index (χ1v) is 9.21. The van der Waals surface area contributed by atoms with Gasteiger partial charge in [0, 0.05) is 25.0 Å². The molecule has 0 aromatic rings. The third-order valence-electron chi connectivity index (χ3n) is 5.39. The van der Waals surface area contributed by atoms with Crippen LogP contribution in [0, 0.1) is 16.2 Å². The van der Waals surface area contributed by atoms with E-state index in [1.165, 1.54) is 4.90 Å². The van der Waals surface area contributed by atoms with Crippen LogP contribution in [0.25, 0.3) is 0 Å². The average Bonchev–Trinajstić information content (AvgIpc) is 2.75. The molecule has 1 unspecified atom stereocenters. The molecular formula is C20H37NO4. The fourth-order valence-electron chi connectivity index (χ4n) is 4.99. The lowest BCUT2D eigenvalue weighted by molar-refractivity contribution is -0.147. The van der Waals surface area contributed by atoms with E-state index in [4.69, 9.17) is 0 Å². The number of hydrogen-bond acceptors (Lipinski definition) is 4. The van der Waals surface area contributed by atoms with Gasteiger partial charge in [-0.2, -0.15) is 0 Å². The van der Waals surface area contributed by atoms with Gasteiger partial charge in [-0.25, -0.2) is 0 Å². The molecule has 1 fully saturated rings. The standard InChI is InChI=1S/C20H37NO4/c1-17(2,13-22)11-18(3,4)16(25)19(5,6)12-20(7,8)21-14(23)9-10-15(21)24/h16,22,25H,9-13H2,1-8H3. The van der Waals surface area contributed by atoms with Gasteiger partial charge in [0.25, 0.3) is 0 Å². The van der Waals surface area contributed by atoms with Gasteiger partial charge >= 0.3 is 0 Å². The molecule has 1 atom stereocenters. The van der Waals surface area contributed by atoms with Crippen molar-refractivity contribution < 1.29 is 19.8 Å². The smallest absolute Gasteiger partial charge is 0.230 e. The van der Waals surface area contributed by atoms with Crippen molar-refractivity contribution in [2.45, 2.75) is 92.7 Å². The lowest BCUT2D eigenvalue weighted by atomic mass is 9.63. The van der Waals surface area contributed by atoms with E-state index < -0.39 is 22.5 Å². The molecule has 0 radical (unpaired) electrons. The third-order valence-corrected chi connectivity index (χ3v) is 5.39. The predicted molar refractivity (Wildman–Crippen MR) is 98.8 cm³/mol. The van der Waals surface area contributed by atoms with Crippen molar-refractivity contribution in [2.24, 2.45) is 16.2 Å². The highest BCUT2D eigenvalue weighted by Crippen LogP contribution is 2.46. The van der Waals surface area contributed by atoms with Crippen molar-refractivity contribution >= 4 is 11.8 Å². The number of aliphatic hydroxyl groups is 2. The third kappa shape index (κ3) is 5.04. The lowest BCUT2D eigenvalue weighted by Crippen LogP contribution is -2.53. The average molecular weight is 356 g/mol. The summed E-state index contributed by atoms with van der Waals surface area (Å²) in [6, 6.07) is 0. The molecule has 146 valence electrons. The van der Waals surface area contributed by atoms with Crippen molar-refractivity contribution in [3.8, 4) is 0 Å². The molecule has 0 bridgehead atoms. The number of carbonyl (C=O) groups excluding carboxylic acids is 2. The van der Waals surface area contributed by atoms with Gasteiger partial charge in [-0.05, 0) is 42.9 Å². The van der Waals surface area contributed by atoms with Gasteiger partial charge < -0.3 is 10.2 Å². The molecule has 5 nitrogen and oxygen atoms in total. The van der Waals surface area contributed by atoms with Crippen LogP contribution < -0.4 is 0 Å². The summed E-state index contributed by atoms with van der Waals surface area (Å²) in [5.41, 5.74) is -1.83. The Morgan fingerprint density at radius 1 is 0.880 bits per heavy atom. The number of amides is 2. The minimum absolute atomic E-state index is 0.0614. The van der Waals surface area contributed by atoms with E-state index in [2.05, 4.69) is 0 Å². The molecule has 5 heteroatoms. The molecule has 2 N–H and O–H groups in total. The lowest BCUT2D eigenvalue weighted by Gasteiger charge is -2.48. The Bertz CT molecular complexity index is 504. The second-order valence-corrected chi connectivity index (χ2v) is 10.5. The van der Waals surface area contributed by atoms with Gasteiger partial charge in [0.05, 0.1) is 6.10 Å². The molecule has 1 aliphatic rings. The fourth-order valence-corrected chi connectivity index (χ4v) is 4.99. The van der Waals surface area contributed by atoms with Crippen molar-refractivity contribution in [3.05, 3.63) is 0 Å². The molecule has 1 saturated heterocycles. The van der Waals surface area contributed by atoms with Crippen LogP contribution in [0.2, 0.25) is 0 Å². The van der Waals surface area contributed by atoms with Crippen LogP contribution in [-0.4, -0.2) is 45.2 Å². The molecule has 1 rings (SSSR count). The zero-order valence-corrected chi connectivity index (χ0v) is 17.3. The Morgan fingerprint density at radius 2 is 1.28 bits per heavy atom. The summed E-state index contributed by atoms with van der Waals surface area (Å²) in [7, 11) is 0. The van der Waals surface area contributed by atoms with E-state index in [-0.39, 0.29) is 36.7 Å². The molecule has 0 aliphatic carbocycles. The second-order valence-electron chi connectivity index (χ2n) is 10.5. The molecule has 0 spiro atoms. The van der Waals surface area contributed by atoms with Crippen LogP contribution in [0.15, 0.2) is 0 Å². The Kier molecular flexibility index (Phi) is 6.18. The van der Waals surface area contributed by atoms with Crippen LogP contribution in [0.3, 0.4) is 0 Å². The van der Waals surface area contributed by atoms with Gasteiger partial charge in [-0.3, -0.25) is 14.5 Å². The van der Waals surface area contributed by atoms with Gasteiger partial charge in [0.1, 0.15) is 0 Å². The van der Waals surface area contributed by atoms with Crippen LogP contribution in [0.4, 0.5) is 0 Å². The Labute approximate surface area is 152 Å². The van der Waals surface area contributed by atoms with Crippen LogP contribution >= 0.6 is 0 Å². The Hall–Kier alpha value is -0.940. The maximum atomic E-state index is 12.1. The highest BCUT2D eigenvalue weighted by molar-refractivity contribution is 6.02. The fraction of sp³-hybridized carbons (Fsp3) is 0.900. The Morgan fingerprint density at radius 3 is 1.68 bits per heavy atom. The molecule has 1 aliphatic heterocycles. The Balaban J connectivity index is 2.99. The molecule has 25 heavy (non-hydrogen) atoms. The first kappa shape index (κ1) is 22.1.